The van der Waals surface area contributed by atoms with Gasteiger partial charge in [-0.3, -0.25) is 4.79 Å². The van der Waals surface area contributed by atoms with E-state index in [9.17, 15) is 4.79 Å². The summed E-state index contributed by atoms with van der Waals surface area (Å²) in [7, 11) is 0. The average molecular weight is 170 g/mol. The summed E-state index contributed by atoms with van der Waals surface area (Å²) in [5.74, 6) is 0.743. The van der Waals surface area contributed by atoms with Gasteiger partial charge >= 0.3 is 0 Å². The van der Waals surface area contributed by atoms with Gasteiger partial charge in [-0.05, 0) is 25.3 Å². The summed E-state index contributed by atoms with van der Waals surface area (Å²) < 4.78 is 0. The molecule has 1 atom stereocenters. The lowest BCUT2D eigenvalue weighted by molar-refractivity contribution is -0.123. The lowest BCUT2D eigenvalue weighted by Gasteiger charge is -2.16. The van der Waals surface area contributed by atoms with Crippen LogP contribution in [0.15, 0.2) is 0 Å². The van der Waals surface area contributed by atoms with Crippen LogP contribution in [0, 0.1) is 5.92 Å². The number of carbonyl (C=O) groups excluding carboxylic acids is 1. The first-order valence-corrected chi connectivity index (χ1v) is 4.71. The Bertz CT molecular complexity index is 157. The molecule has 3 nitrogen and oxygen atoms in total. The van der Waals surface area contributed by atoms with Crippen LogP contribution in [-0.2, 0) is 4.79 Å². The minimum atomic E-state index is 0.0347. The van der Waals surface area contributed by atoms with Crippen LogP contribution < -0.4 is 10.6 Å². The fourth-order valence-corrected chi connectivity index (χ4v) is 1.45. The highest BCUT2D eigenvalue weighted by Gasteiger charge is 2.20. The second-order valence-electron chi connectivity index (χ2n) is 3.78. The Morgan fingerprint density at radius 2 is 2.25 bits per heavy atom. The summed E-state index contributed by atoms with van der Waals surface area (Å²) in [5, 5.41) is 6.15. The van der Waals surface area contributed by atoms with Gasteiger partial charge in [0.05, 0.1) is 6.04 Å². The quantitative estimate of drug-likeness (QED) is 0.634. The second kappa shape index (κ2) is 4.45. The zero-order valence-corrected chi connectivity index (χ0v) is 7.89. The predicted molar refractivity (Wildman–Crippen MR) is 48.9 cm³/mol. The van der Waals surface area contributed by atoms with Crippen molar-refractivity contribution in [3.8, 4) is 0 Å². The molecular formula is C9H18N2O. The van der Waals surface area contributed by atoms with Gasteiger partial charge in [0.1, 0.15) is 0 Å². The summed E-state index contributed by atoms with van der Waals surface area (Å²) in [4.78, 5) is 11.4. The molecule has 0 radical (unpaired) electrons. The molecule has 0 bridgehead atoms. The van der Waals surface area contributed by atoms with Crippen LogP contribution in [0.25, 0.3) is 0 Å². The van der Waals surface area contributed by atoms with Crippen LogP contribution in [0.1, 0.15) is 26.7 Å². The van der Waals surface area contributed by atoms with E-state index in [1.165, 1.54) is 0 Å². The van der Waals surface area contributed by atoms with Gasteiger partial charge < -0.3 is 10.6 Å². The summed E-state index contributed by atoms with van der Waals surface area (Å²) in [6.45, 7) is 6.05. The molecular weight excluding hydrogens is 152 g/mol. The normalized spacial score (nSPS) is 25.2. The molecule has 1 unspecified atom stereocenters. The van der Waals surface area contributed by atoms with E-state index in [1.807, 2.05) is 0 Å². The zero-order chi connectivity index (χ0) is 8.97. The Hall–Kier alpha value is -0.570. The molecule has 1 rings (SSSR count). The Balaban J connectivity index is 2.42. The molecule has 12 heavy (non-hydrogen) atoms. The Morgan fingerprint density at radius 1 is 1.50 bits per heavy atom. The highest BCUT2D eigenvalue weighted by molar-refractivity contribution is 5.81. The van der Waals surface area contributed by atoms with Crippen LogP contribution in [0.5, 0.6) is 0 Å². The number of rotatable bonds is 2. The number of nitrogens with one attached hydrogen (secondary N) is 2. The van der Waals surface area contributed by atoms with Crippen molar-refractivity contribution in [2.45, 2.75) is 32.7 Å². The minimum Gasteiger partial charge on any atom is -0.355 e. The number of carbonyl (C=O) groups is 1. The smallest absolute Gasteiger partial charge is 0.237 e. The van der Waals surface area contributed by atoms with E-state index in [4.69, 9.17) is 0 Å². The fourth-order valence-electron chi connectivity index (χ4n) is 1.45. The van der Waals surface area contributed by atoms with Crippen molar-refractivity contribution in [1.82, 2.24) is 10.6 Å². The van der Waals surface area contributed by atoms with Crippen molar-refractivity contribution < 1.29 is 4.79 Å². The zero-order valence-electron chi connectivity index (χ0n) is 7.89. The lowest BCUT2D eigenvalue weighted by atomic mass is 10.0. The van der Waals surface area contributed by atoms with E-state index in [0.717, 1.165) is 25.9 Å². The van der Waals surface area contributed by atoms with Crippen molar-refractivity contribution in [2.75, 3.05) is 13.1 Å². The summed E-state index contributed by atoms with van der Waals surface area (Å²) >= 11 is 0. The largest absolute Gasteiger partial charge is 0.355 e. The SMILES string of the molecule is CC(C)CC1NCCCNC1=O. The van der Waals surface area contributed by atoms with E-state index in [1.54, 1.807) is 0 Å². The maximum Gasteiger partial charge on any atom is 0.237 e. The van der Waals surface area contributed by atoms with Gasteiger partial charge in [0.2, 0.25) is 5.91 Å². The van der Waals surface area contributed by atoms with Gasteiger partial charge in [-0.1, -0.05) is 13.8 Å². The molecule has 1 amide bonds. The summed E-state index contributed by atoms with van der Waals surface area (Å²) in [6.07, 6.45) is 1.98. The highest BCUT2D eigenvalue weighted by Crippen LogP contribution is 2.06. The van der Waals surface area contributed by atoms with E-state index in [2.05, 4.69) is 24.5 Å². The van der Waals surface area contributed by atoms with E-state index >= 15 is 0 Å². The topological polar surface area (TPSA) is 41.1 Å². The van der Waals surface area contributed by atoms with Crippen LogP contribution in [0.2, 0.25) is 0 Å². The highest BCUT2D eigenvalue weighted by atomic mass is 16.2. The third kappa shape index (κ3) is 2.81. The van der Waals surface area contributed by atoms with Gasteiger partial charge in [0.25, 0.3) is 0 Å². The summed E-state index contributed by atoms with van der Waals surface area (Å²) in [6, 6.07) is 0.0347. The molecule has 0 saturated carbocycles. The molecule has 3 heteroatoms. The van der Waals surface area contributed by atoms with Crippen LogP contribution in [-0.4, -0.2) is 25.0 Å². The van der Waals surface area contributed by atoms with Crippen molar-refractivity contribution >= 4 is 5.91 Å². The van der Waals surface area contributed by atoms with Crippen molar-refractivity contribution in [3.05, 3.63) is 0 Å². The summed E-state index contributed by atoms with van der Waals surface area (Å²) in [5.41, 5.74) is 0. The number of amides is 1. The fraction of sp³-hybridized carbons (Fsp3) is 0.889. The van der Waals surface area contributed by atoms with Gasteiger partial charge in [0, 0.05) is 6.54 Å². The second-order valence-corrected chi connectivity index (χ2v) is 3.78. The predicted octanol–water partition coefficient (Wildman–Crippen LogP) is 0.511. The third-order valence-electron chi connectivity index (χ3n) is 2.07. The van der Waals surface area contributed by atoms with Gasteiger partial charge in [0.15, 0.2) is 0 Å². The van der Waals surface area contributed by atoms with Gasteiger partial charge in [-0.2, -0.15) is 0 Å². The number of hydrogen-bond acceptors (Lipinski definition) is 2. The Morgan fingerprint density at radius 3 is 2.92 bits per heavy atom. The molecule has 0 aliphatic carbocycles. The molecule has 1 aliphatic heterocycles. The molecule has 1 aliphatic rings. The maximum absolute atomic E-state index is 11.4. The standard InChI is InChI=1S/C9H18N2O/c1-7(2)6-8-9(12)11-5-3-4-10-8/h7-8,10H,3-6H2,1-2H3,(H,11,12). The van der Waals surface area contributed by atoms with E-state index in [-0.39, 0.29) is 11.9 Å². The average Bonchev–Trinajstić information content (AvgIpc) is 2.16. The van der Waals surface area contributed by atoms with Crippen LogP contribution in [0.3, 0.4) is 0 Å². The molecule has 1 fully saturated rings. The Labute approximate surface area is 73.9 Å². The van der Waals surface area contributed by atoms with Crippen LogP contribution >= 0.6 is 0 Å². The van der Waals surface area contributed by atoms with Crippen molar-refractivity contribution in [2.24, 2.45) is 5.92 Å². The molecule has 2 N–H and O–H groups in total. The molecule has 1 saturated heterocycles. The monoisotopic (exact) mass is 170 g/mol. The maximum atomic E-state index is 11.4. The van der Waals surface area contributed by atoms with Crippen molar-refractivity contribution in [1.29, 1.82) is 0 Å². The molecule has 0 aromatic rings. The van der Waals surface area contributed by atoms with E-state index in [0.29, 0.717) is 5.92 Å². The molecule has 70 valence electrons. The number of hydrogen-bond donors (Lipinski definition) is 2. The first-order chi connectivity index (χ1) is 5.70. The lowest BCUT2D eigenvalue weighted by Crippen LogP contribution is -2.41. The first kappa shape index (κ1) is 9.52. The van der Waals surface area contributed by atoms with Crippen molar-refractivity contribution in [3.63, 3.8) is 0 Å². The van der Waals surface area contributed by atoms with Gasteiger partial charge in [-0.25, -0.2) is 0 Å². The molecule has 0 aromatic carbocycles. The van der Waals surface area contributed by atoms with Crippen LogP contribution in [0.4, 0.5) is 0 Å². The molecule has 0 spiro atoms. The third-order valence-corrected chi connectivity index (χ3v) is 2.07. The Kier molecular flexibility index (Phi) is 3.53. The van der Waals surface area contributed by atoms with Gasteiger partial charge in [-0.15, -0.1) is 0 Å². The van der Waals surface area contributed by atoms with E-state index < -0.39 is 0 Å². The minimum absolute atomic E-state index is 0.0347. The molecule has 1 heterocycles. The first-order valence-electron chi connectivity index (χ1n) is 4.71. The molecule has 0 aromatic heterocycles.